The molecule has 44 heavy (non-hydrogen) atoms. The van der Waals surface area contributed by atoms with Crippen LogP contribution in [0.4, 0.5) is 13.2 Å². The smallest absolute Gasteiger partial charge is 0.434 e. The maximum atomic E-state index is 14.3. The van der Waals surface area contributed by atoms with E-state index in [9.17, 15) is 18.0 Å². The highest BCUT2D eigenvalue weighted by Crippen LogP contribution is 2.38. The van der Waals surface area contributed by atoms with Crippen molar-refractivity contribution in [2.45, 2.75) is 71.9 Å². The Kier molecular flexibility index (Phi) is 7.73. The lowest BCUT2D eigenvalue weighted by atomic mass is 9.96. The Morgan fingerprint density at radius 1 is 1.05 bits per heavy atom. The number of aryl methyl sites for hydroxylation is 3. The van der Waals surface area contributed by atoms with E-state index >= 15 is 0 Å². The Morgan fingerprint density at radius 3 is 2.50 bits per heavy atom. The molecule has 4 aromatic rings. The van der Waals surface area contributed by atoms with E-state index in [0.717, 1.165) is 51.0 Å². The molecule has 2 aromatic carbocycles. The molecule has 6 rings (SSSR count). The molecule has 9 nitrogen and oxygen atoms in total. The predicted octanol–water partition coefficient (Wildman–Crippen LogP) is 5.51. The normalized spacial score (nSPS) is 20.8. The molecule has 2 aliphatic heterocycles. The summed E-state index contributed by atoms with van der Waals surface area (Å²) in [5.74, 6) is 0.231. The standard InChI is InChI=1S/C32H36F3N7O2/c1-19-7-6-8-25(12-19)42-30(32(33,34)35)27(14-36-42)31(43)39-15-22(4)40(23(5)16-39)17-24-18-41(38-37-24)28-9-10-44-29-21(3)11-20(2)13-26(28)29/h6-8,11-14,18,22-23,28H,9-10,15-17H2,1-5H3/t22-,23+,28-/m0/s1. The molecule has 1 amide bonds. The van der Waals surface area contributed by atoms with Crippen LogP contribution in [0.3, 0.4) is 0 Å². The van der Waals surface area contributed by atoms with Gasteiger partial charge in [-0.3, -0.25) is 9.69 Å². The average Bonchev–Trinajstić information content (AvgIpc) is 3.62. The van der Waals surface area contributed by atoms with Gasteiger partial charge >= 0.3 is 6.18 Å². The third-order valence-corrected chi connectivity index (χ3v) is 8.57. The molecule has 0 unspecified atom stereocenters. The number of alkyl halides is 3. The zero-order chi connectivity index (χ0) is 31.3. The van der Waals surface area contributed by atoms with Crippen molar-refractivity contribution in [3.8, 4) is 11.4 Å². The van der Waals surface area contributed by atoms with Gasteiger partial charge in [0, 0.05) is 43.7 Å². The first kappa shape index (κ1) is 29.9. The molecule has 232 valence electrons. The van der Waals surface area contributed by atoms with Gasteiger partial charge in [-0.1, -0.05) is 35.0 Å². The van der Waals surface area contributed by atoms with Crippen molar-refractivity contribution in [2.24, 2.45) is 0 Å². The van der Waals surface area contributed by atoms with Crippen molar-refractivity contribution in [3.05, 3.63) is 88.0 Å². The molecule has 4 heterocycles. The number of amides is 1. The van der Waals surface area contributed by atoms with E-state index in [0.29, 0.717) is 13.2 Å². The highest BCUT2D eigenvalue weighted by atomic mass is 19.4. The van der Waals surface area contributed by atoms with Crippen molar-refractivity contribution in [1.82, 2.24) is 34.6 Å². The Morgan fingerprint density at radius 2 is 1.80 bits per heavy atom. The van der Waals surface area contributed by atoms with Gasteiger partial charge in [0.1, 0.15) is 5.75 Å². The van der Waals surface area contributed by atoms with E-state index in [1.165, 1.54) is 4.90 Å². The maximum Gasteiger partial charge on any atom is 0.434 e. The summed E-state index contributed by atoms with van der Waals surface area (Å²) >= 11 is 0. The van der Waals surface area contributed by atoms with E-state index in [-0.39, 0.29) is 36.9 Å². The van der Waals surface area contributed by atoms with Crippen LogP contribution in [-0.4, -0.2) is 72.3 Å². The molecule has 2 aromatic heterocycles. The second kappa shape index (κ2) is 11.4. The number of carbonyl (C=O) groups is 1. The lowest BCUT2D eigenvalue weighted by Crippen LogP contribution is -2.57. The fraction of sp³-hybridized carbons (Fsp3) is 0.438. The summed E-state index contributed by atoms with van der Waals surface area (Å²) < 4.78 is 51.6. The Bertz CT molecular complexity index is 1680. The first-order valence-electron chi connectivity index (χ1n) is 14.8. The number of benzene rings is 2. The van der Waals surface area contributed by atoms with Gasteiger partial charge in [-0.05, 0) is 57.9 Å². The molecule has 3 atom stereocenters. The van der Waals surface area contributed by atoms with Gasteiger partial charge in [-0.25, -0.2) is 9.36 Å². The third kappa shape index (κ3) is 5.58. The number of carbonyl (C=O) groups excluding carboxylic acids is 1. The molecular formula is C32H36F3N7O2. The molecule has 1 saturated heterocycles. The predicted molar refractivity (Wildman–Crippen MR) is 158 cm³/mol. The van der Waals surface area contributed by atoms with Crippen molar-refractivity contribution in [2.75, 3.05) is 19.7 Å². The summed E-state index contributed by atoms with van der Waals surface area (Å²) in [6, 6.07) is 10.6. The molecular weight excluding hydrogens is 571 g/mol. The van der Waals surface area contributed by atoms with E-state index in [2.05, 4.69) is 39.4 Å². The number of piperazine rings is 1. The summed E-state index contributed by atoms with van der Waals surface area (Å²) in [5.41, 5.74) is 3.69. The average molecular weight is 608 g/mol. The van der Waals surface area contributed by atoms with Gasteiger partial charge in [0.05, 0.1) is 42.0 Å². The number of hydrogen-bond donors (Lipinski definition) is 0. The maximum absolute atomic E-state index is 14.3. The SMILES string of the molecule is Cc1cccc(-n2ncc(C(=O)N3C[C@@H](C)N(Cc4cn([C@H]5CCOc6c(C)cc(C)cc65)nn4)[C@@H](C)C3)c2C(F)(F)F)c1. The summed E-state index contributed by atoms with van der Waals surface area (Å²) in [6.07, 6.45) is -0.986. The van der Waals surface area contributed by atoms with Crippen molar-refractivity contribution < 1.29 is 22.7 Å². The Balaban J connectivity index is 1.18. The van der Waals surface area contributed by atoms with Crippen LogP contribution in [0.5, 0.6) is 5.75 Å². The molecule has 0 saturated carbocycles. The van der Waals surface area contributed by atoms with Gasteiger partial charge in [0.25, 0.3) is 5.91 Å². The molecule has 0 N–H and O–H groups in total. The van der Waals surface area contributed by atoms with Crippen LogP contribution < -0.4 is 4.74 Å². The lowest BCUT2D eigenvalue weighted by Gasteiger charge is -2.44. The number of aromatic nitrogens is 5. The first-order valence-corrected chi connectivity index (χ1v) is 14.8. The van der Waals surface area contributed by atoms with Crippen LogP contribution in [0.2, 0.25) is 0 Å². The highest BCUT2D eigenvalue weighted by Gasteiger charge is 2.43. The van der Waals surface area contributed by atoms with Crippen molar-refractivity contribution in [3.63, 3.8) is 0 Å². The van der Waals surface area contributed by atoms with Crippen LogP contribution in [0.25, 0.3) is 5.69 Å². The number of halogens is 3. The monoisotopic (exact) mass is 607 g/mol. The van der Waals surface area contributed by atoms with Gasteiger partial charge in [0.2, 0.25) is 0 Å². The van der Waals surface area contributed by atoms with Crippen molar-refractivity contribution in [1.29, 1.82) is 0 Å². The largest absolute Gasteiger partial charge is 0.493 e. The quantitative estimate of drug-likeness (QED) is 0.298. The summed E-state index contributed by atoms with van der Waals surface area (Å²) in [4.78, 5) is 17.3. The van der Waals surface area contributed by atoms with E-state index in [1.807, 2.05) is 31.6 Å². The minimum absolute atomic E-state index is 0.0199. The molecule has 0 radical (unpaired) electrons. The second-order valence-electron chi connectivity index (χ2n) is 12.1. The molecule has 2 aliphatic rings. The fourth-order valence-corrected chi connectivity index (χ4v) is 6.60. The van der Waals surface area contributed by atoms with Crippen LogP contribution in [-0.2, 0) is 12.7 Å². The van der Waals surface area contributed by atoms with Gasteiger partial charge in [-0.2, -0.15) is 18.3 Å². The molecule has 0 bridgehead atoms. The topological polar surface area (TPSA) is 81.3 Å². The van der Waals surface area contributed by atoms with E-state index < -0.39 is 23.3 Å². The Labute approximate surface area is 254 Å². The number of ether oxygens (including phenoxy) is 1. The van der Waals surface area contributed by atoms with E-state index in [1.54, 1.807) is 31.2 Å². The van der Waals surface area contributed by atoms with Crippen LogP contribution >= 0.6 is 0 Å². The van der Waals surface area contributed by atoms with E-state index in [4.69, 9.17) is 4.74 Å². The summed E-state index contributed by atoms with van der Waals surface area (Å²) in [6.45, 7) is 11.5. The zero-order valence-corrected chi connectivity index (χ0v) is 25.5. The molecule has 12 heteroatoms. The molecule has 1 fully saturated rings. The second-order valence-corrected chi connectivity index (χ2v) is 12.1. The number of nitrogens with zero attached hydrogens (tertiary/aromatic N) is 7. The van der Waals surface area contributed by atoms with Crippen LogP contribution in [0.15, 0.2) is 48.8 Å². The lowest BCUT2D eigenvalue weighted by molar-refractivity contribution is -0.143. The van der Waals surface area contributed by atoms with Gasteiger partial charge in [-0.15, -0.1) is 5.10 Å². The number of fused-ring (bicyclic) bond motifs is 1. The van der Waals surface area contributed by atoms with Crippen molar-refractivity contribution >= 4 is 5.91 Å². The highest BCUT2D eigenvalue weighted by molar-refractivity contribution is 5.95. The first-order chi connectivity index (χ1) is 20.9. The summed E-state index contributed by atoms with van der Waals surface area (Å²) in [5, 5.41) is 12.9. The summed E-state index contributed by atoms with van der Waals surface area (Å²) in [7, 11) is 0. The fourth-order valence-electron chi connectivity index (χ4n) is 6.60. The van der Waals surface area contributed by atoms with Gasteiger partial charge < -0.3 is 9.64 Å². The Hall–Kier alpha value is -4.19. The van der Waals surface area contributed by atoms with Crippen LogP contribution in [0.1, 0.15) is 70.3 Å². The van der Waals surface area contributed by atoms with Gasteiger partial charge in [0.15, 0.2) is 5.69 Å². The zero-order valence-electron chi connectivity index (χ0n) is 25.5. The minimum Gasteiger partial charge on any atom is -0.493 e. The minimum atomic E-state index is -4.77. The number of hydrogen-bond acceptors (Lipinski definition) is 6. The van der Waals surface area contributed by atoms with Crippen LogP contribution in [0, 0.1) is 20.8 Å². The third-order valence-electron chi connectivity index (χ3n) is 8.57. The molecule has 0 spiro atoms. The molecule has 0 aliphatic carbocycles. The number of rotatable bonds is 5.